The van der Waals surface area contributed by atoms with Gasteiger partial charge in [0.15, 0.2) is 0 Å². The predicted octanol–water partition coefficient (Wildman–Crippen LogP) is 4.31. The Bertz CT molecular complexity index is 908. The van der Waals surface area contributed by atoms with Crippen molar-refractivity contribution in [3.63, 3.8) is 0 Å². The van der Waals surface area contributed by atoms with Crippen LogP contribution in [0.15, 0.2) is 48.7 Å². The fourth-order valence-corrected chi connectivity index (χ4v) is 2.84. The number of hydrogen-bond donors (Lipinski definition) is 2. The Morgan fingerprint density at radius 2 is 1.95 bits per heavy atom. The van der Waals surface area contributed by atoms with Crippen molar-refractivity contribution in [2.75, 3.05) is 5.32 Å². The molecule has 3 nitrogen and oxygen atoms in total. The van der Waals surface area contributed by atoms with E-state index in [4.69, 9.17) is 11.6 Å². The molecule has 1 amide bonds. The van der Waals surface area contributed by atoms with E-state index in [9.17, 15) is 4.79 Å². The van der Waals surface area contributed by atoms with E-state index in [-0.39, 0.29) is 5.91 Å². The van der Waals surface area contributed by atoms with Crippen LogP contribution in [0.3, 0.4) is 0 Å². The first-order valence-electron chi connectivity index (χ1n) is 6.61. The Balaban J connectivity index is 1.90. The molecule has 1 aliphatic heterocycles. The number of aromatic nitrogens is 1. The number of nitrogens with one attached hydrogen (secondary N) is 2. The SMILES string of the molecule is O=C1Nc2ccc(Cl)cc2C1=Cc1c[nH]c2ccccc12. The fourth-order valence-electron chi connectivity index (χ4n) is 2.67. The Hall–Kier alpha value is -2.52. The number of para-hydroxylation sites is 1. The second-order valence-corrected chi connectivity index (χ2v) is 5.43. The van der Waals surface area contributed by atoms with Gasteiger partial charge in [-0.3, -0.25) is 4.79 Å². The average molecular weight is 295 g/mol. The van der Waals surface area contributed by atoms with Gasteiger partial charge in [0.1, 0.15) is 0 Å². The van der Waals surface area contributed by atoms with E-state index in [1.54, 1.807) is 6.07 Å². The summed E-state index contributed by atoms with van der Waals surface area (Å²) in [5, 5.41) is 4.57. The zero-order valence-corrected chi connectivity index (χ0v) is 11.7. The number of anilines is 1. The lowest BCUT2D eigenvalue weighted by Crippen LogP contribution is -2.03. The summed E-state index contributed by atoms with van der Waals surface area (Å²) in [7, 11) is 0. The number of halogens is 1. The minimum Gasteiger partial charge on any atom is -0.361 e. The van der Waals surface area contributed by atoms with Crippen molar-refractivity contribution in [1.82, 2.24) is 4.98 Å². The summed E-state index contributed by atoms with van der Waals surface area (Å²) in [6.45, 7) is 0. The Kier molecular flexibility index (Phi) is 2.62. The van der Waals surface area contributed by atoms with Crippen LogP contribution in [0.4, 0.5) is 5.69 Å². The van der Waals surface area contributed by atoms with Crippen molar-refractivity contribution in [2.45, 2.75) is 0 Å². The van der Waals surface area contributed by atoms with Crippen molar-refractivity contribution in [3.8, 4) is 0 Å². The normalized spacial score (nSPS) is 15.5. The third-order valence-corrected chi connectivity index (χ3v) is 3.92. The van der Waals surface area contributed by atoms with E-state index in [0.29, 0.717) is 10.6 Å². The Labute approximate surface area is 126 Å². The Morgan fingerprint density at radius 3 is 2.86 bits per heavy atom. The largest absolute Gasteiger partial charge is 0.361 e. The lowest BCUT2D eigenvalue weighted by Gasteiger charge is -1.99. The van der Waals surface area contributed by atoms with Crippen molar-refractivity contribution in [2.24, 2.45) is 0 Å². The molecular formula is C17H11ClN2O. The van der Waals surface area contributed by atoms with Crippen molar-refractivity contribution in [3.05, 3.63) is 64.8 Å². The number of amides is 1. The molecule has 0 radical (unpaired) electrons. The zero-order valence-electron chi connectivity index (χ0n) is 11.0. The molecule has 0 unspecified atom stereocenters. The number of H-pyrrole nitrogens is 1. The summed E-state index contributed by atoms with van der Waals surface area (Å²) in [5.74, 6) is -0.0995. The maximum atomic E-state index is 12.2. The third-order valence-electron chi connectivity index (χ3n) is 3.69. The number of aromatic amines is 1. The topological polar surface area (TPSA) is 44.9 Å². The lowest BCUT2D eigenvalue weighted by molar-refractivity contribution is -0.110. The molecule has 1 aromatic heterocycles. The van der Waals surface area contributed by atoms with Crippen LogP contribution < -0.4 is 5.32 Å². The predicted molar refractivity (Wildman–Crippen MR) is 86.3 cm³/mol. The summed E-state index contributed by atoms with van der Waals surface area (Å²) in [6.07, 6.45) is 3.81. The average Bonchev–Trinajstić information content (AvgIpc) is 3.02. The van der Waals surface area contributed by atoms with Gasteiger partial charge < -0.3 is 10.3 Å². The van der Waals surface area contributed by atoms with E-state index >= 15 is 0 Å². The van der Waals surface area contributed by atoms with Gasteiger partial charge in [0.25, 0.3) is 5.91 Å². The van der Waals surface area contributed by atoms with E-state index in [1.165, 1.54) is 0 Å². The first kappa shape index (κ1) is 12.2. The second kappa shape index (κ2) is 4.50. The van der Waals surface area contributed by atoms with Gasteiger partial charge in [-0.25, -0.2) is 0 Å². The van der Waals surface area contributed by atoms with Crippen molar-refractivity contribution in [1.29, 1.82) is 0 Å². The minimum atomic E-state index is -0.0995. The molecule has 2 heterocycles. The van der Waals surface area contributed by atoms with E-state index in [0.717, 1.165) is 27.7 Å². The first-order chi connectivity index (χ1) is 10.2. The van der Waals surface area contributed by atoms with Gasteiger partial charge >= 0.3 is 0 Å². The minimum absolute atomic E-state index is 0.0995. The van der Waals surface area contributed by atoms with E-state index < -0.39 is 0 Å². The van der Waals surface area contributed by atoms with Crippen LogP contribution in [-0.4, -0.2) is 10.9 Å². The summed E-state index contributed by atoms with van der Waals surface area (Å²) >= 11 is 6.04. The molecule has 0 saturated carbocycles. The van der Waals surface area contributed by atoms with Crippen LogP contribution in [0.5, 0.6) is 0 Å². The summed E-state index contributed by atoms with van der Waals surface area (Å²) < 4.78 is 0. The number of benzene rings is 2. The highest BCUT2D eigenvalue weighted by molar-refractivity contribution is 6.37. The molecule has 0 bridgehead atoms. The number of hydrogen-bond acceptors (Lipinski definition) is 1. The number of fused-ring (bicyclic) bond motifs is 2. The molecule has 0 fully saturated rings. The van der Waals surface area contributed by atoms with E-state index in [1.807, 2.05) is 48.7 Å². The summed E-state index contributed by atoms with van der Waals surface area (Å²) in [6, 6.07) is 13.4. The number of carbonyl (C=O) groups excluding carboxylic acids is 1. The molecule has 2 N–H and O–H groups in total. The zero-order chi connectivity index (χ0) is 14.4. The van der Waals surface area contributed by atoms with Crippen molar-refractivity contribution < 1.29 is 4.79 Å². The molecule has 0 spiro atoms. The highest BCUT2D eigenvalue weighted by Crippen LogP contribution is 2.35. The van der Waals surface area contributed by atoms with E-state index in [2.05, 4.69) is 10.3 Å². The van der Waals surface area contributed by atoms with Gasteiger partial charge in [-0.2, -0.15) is 0 Å². The molecule has 102 valence electrons. The molecule has 0 aliphatic carbocycles. The molecule has 0 saturated heterocycles. The highest BCUT2D eigenvalue weighted by Gasteiger charge is 2.24. The highest BCUT2D eigenvalue weighted by atomic mass is 35.5. The standard InChI is InChI=1S/C17H11ClN2O/c18-11-5-6-16-13(8-11)14(17(21)20-16)7-10-9-19-15-4-2-1-3-12(10)15/h1-9,19H,(H,20,21). The maximum absolute atomic E-state index is 12.2. The fraction of sp³-hybridized carbons (Fsp3) is 0. The molecule has 0 atom stereocenters. The van der Waals surface area contributed by atoms with Gasteiger partial charge in [0.05, 0.1) is 0 Å². The lowest BCUT2D eigenvalue weighted by atomic mass is 10.0. The molecule has 2 aromatic carbocycles. The molecule has 1 aliphatic rings. The summed E-state index contributed by atoms with van der Waals surface area (Å²) in [4.78, 5) is 15.4. The molecule has 3 aromatic rings. The summed E-state index contributed by atoms with van der Waals surface area (Å²) in [5.41, 5.74) is 4.32. The smallest absolute Gasteiger partial charge is 0.256 e. The number of carbonyl (C=O) groups is 1. The van der Waals surface area contributed by atoms with Crippen LogP contribution in [0, 0.1) is 0 Å². The third kappa shape index (κ3) is 1.94. The van der Waals surface area contributed by atoms with Gasteiger partial charge in [-0.1, -0.05) is 29.8 Å². The van der Waals surface area contributed by atoms with Crippen LogP contribution >= 0.6 is 11.6 Å². The quantitative estimate of drug-likeness (QED) is 0.645. The van der Waals surface area contributed by atoms with Crippen LogP contribution in [0.2, 0.25) is 5.02 Å². The van der Waals surface area contributed by atoms with Crippen molar-refractivity contribution >= 4 is 45.7 Å². The molecule has 21 heavy (non-hydrogen) atoms. The number of rotatable bonds is 1. The first-order valence-corrected chi connectivity index (χ1v) is 6.99. The van der Waals surface area contributed by atoms with Gasteiger partial charge in [0.2, 0.25) is 0 Å². The monoisotopic (exact) mass is 294 g/mol. The van der Waals surface area contributed by atoms with Crippen LogP contribution in [0.1, 0.15) is 11.1 Å². The Morgan fingerprint density at radius 1 is 1.10 bits per heavy atom. The molecular weight excluding hydrogens is 284 g/mol. The molecule has 4 rings (SSSR count). The second-order valence-electron chi connectivity index (χ2n) is 4.99. The van der Waals surface area contributed by atoms with Gasteiger partial charge in [0, 0.05) is 44.5 Å². The maximum Gasteiger partial charge on any atom is 0.256 e. The van der Waals surface area contributed by atoms with Crippen LogP contribution in [0.25, 0.3) is 22.6 Å². The van der Waals surface area contributed by atoms with Crippen LogP contribution in [-0.2, 0) is 4.79 Å². The van der Waals surface area contributed by atoms with Gasteiger partial charge in [-0.15, -0.1) is 0 Å². The molecule has 4 heteroatoms. The van der Waals surface area contributed by atoms with Gasteiger partial charge in [-0.05, 0) is 30.3 Å².